The first-order valence-electron chi connectivity index (χ1n) is 5.60. The van der Waals surface area contributed by atoms with Gasteiger partial charge >= 0.3 is 6.18 Å². The van der Waals surface area contributed by atoms with Gasteiger partial charge in [-0.1, -0.05) is 12.1 Å². The number of nitrogens with one attached hydrogen (secondary N) is 1. The van der Waals surface area contributed by atoms with Gasteiger partial charge in [-0.25, -0.2) is 0 Å². The van der Waals surface area contributed by atoms with Crippen LogP contribution in [-0.2, 0) is 0 Å². The third kappa shape index (κ3) is 6.83. The van der Waals surface area contributed by atoms with Crippen LogP contribution in [0.15, 0.2) is 29.3 Å². The molecule has 0 aliphatic carbocycles. The van der Waals surface area contributed by atoms with Crippen LogP contribution < -0.4 is 15.8 Å². The predicted octanol–water partition coefficient (Wildman–Crippen LogP) is 2.84. The summed E-state index contributed by atoms with van der Waals surface area (Å²) in [5.41, 5.74) is 6.39. The Bertz CT molecular complexity index is 435. The maximum Gasteiger partial charge on any atom is 0.422 e. The second-order valence-corrected chi connectivity index (χ2v) is 3.95. The van der Waals surface area contributed by atoms with Gasteiger partial charge in [0.2, 0.25) is 0 Å². The van der Waals surface area contributed by atoms with Gasteiger partial charge in [0.15, 0.2) is 12.6 Å². The third-order valence-corrected chi connectivity index (χ3v) is 2.39. The van der Waals surface area contributed by atoms with Gasteiger partial charge in [-0.2, -0.15) is 13.2 Å². The predicted molar refractivity (Wildman–Crippen MR) is 82.5 cm³/mol. The van der Waals surface area contributed by atoms with Gasteiger partial charge in [-0.3, -0.25) is 4.99 Å². The summed E-state index contributed by atoms with van der Waals surface area (Å²) in [5, 5.41) is 2.93. The number of aliphatic imine (C=N–C) groups is 1. The molecule has 0 spiro atoms. The molecular weight excluding hydrogens is 386 g/mol. The van der Waals surface area contributed by atoms with Crippen molar-refractivity contribution >= 4 is 29.9 Å². The maximum absolute atomic E-state index is 12.0. The molecule has 1 rings (SSSR count). The number of benzene rings is 1. The molecule has 1 unspecified atom stereocenters. The zero-order valence-corrected chi connectivity index (χ0v) is 13.4. The Morgan fingerprint density at radius 1 is 1.35 bits per heavy atom. The molecule has 0 saturated carbocycles. The Morgan fingerprint density at radius 3 is 2.35 bits per heavy atom. The monoisotopic (exact) mass is 403 g/mol. The Kier molecular flexibility index (Phi) is 7.69. The molecule has 1 aromatic carbocycles. The number of nitrogens with zero attached hydrogens (tertiary/aromatic N) is 1. The van der Waals surface area contributed by atoms with Crippen molar-refractivity contribution in [3.05, 3.63) is 29.8 Å². The second kappa shape index (κ2) is 8.18. The van der Waals surface area contributed by atoms with Crippen LogP contribution in [0.25, 0.3) is 0 Å². The molecular formula is C12H17F3IN3O. The van der Waals surface area contributed by atoms with E-state index >= 15 is 0 Å². The Balaban J connectivity index is 0.00000361. The average Bonchev–Trinajstić information content (AvgIpc) is 2.36. The second-order valence-electron chi connectivity index (χ2n) is 3.95. The van der Waals surface area contributed by atoms with Gasteiger partial charge < -0.3 is 15.8 Å². The van der Waals surface area contributed by atoms with Gasteiger partial charge in [-0.15, -0.1) is 24.0 Å². The molecule has 20 heavy (non-hydrogen) atoms. The summed E-state index contributed by atoms with van der Waals surface area (Å²) in [4.78, 5) is 3.76. The summed E-state index contributed by atoms with van der Waals surface area (Å²) in [5.74, 6) is 0.468. The van der Waals surface area contributed by atoms with Crippen molar-refractivity contribution in [3.8, 4) is 5.75 Å². The quantitative estimate of drug-likeness (QED) is 0.462. The SMILES string of the molecule is CN=C(N)NC(C)c1ccc(OCC(F)(F)F)cc1.I. The fourth-order valence-electron chi connectivity index (χ4n) is 1.39. The van der Waals surface area contributed by atoms with Crippen molar-refractivity contribution in [1.82, 2.24) is 5.32 Å². The molecule has 0 aliphatic rings. The lowest BCUT2D eigenvalue weighted by Gasteiger charge is -2.15. The number of rotatable bonds is 4. The van der Waals surface area contributed by atoms with E-state index in [9.17, 15) is 13.2 Å². The van der Waals surface area contributed by atoms with Gasteiger partial charge in [0.1, 0.15) is 5.75 Å². The molecule has 0 bridgehead atoms. The molecule has 0 radical (unpaired) electrons. The molecule has 0 aromatic heterocycles. The minimum Gasteiger partial charge on any atom is -0.484 e. The third-order valence-electron chi connectivity index (χ3n) is 2.39. The van der Waals surface area contributed by atoms with E-state index in [0.29, 0.717) is 5.96 Å². The highest BCUT2D eigenvalue weighted by molar-refractivity contribution is 14.0. The Labute approximate surface area is 132 Å². The van der Waals surface area contributed by atoms with Gasteiger partial charge in [0.25, 0.3) is 0 Å². The van der Waals surface area contributed by atoms with Crippen LogP contribution in [0.4, 0.5) is 13.2 Å². The van der Waals surface area contributed by atoms with E-state index in [0.717, 1.165) is 5.56 Å². The summed E-state index contributed by atoms with van der Waals surface area (Å²) in [7, 11) is 1.56. The topological polar surface area (TPSA) is 59.6 Å². The molecule has 4 nitrogen and oxygen atoms in total. The molecule has 1 aromatic rings. The van der Waals surface area contributed by atoms with Gasteiger partial charge in [0.05, 0.1) is 6.04 Å². The lowest BCUT2D eigenvalue weighted by Crippen LogP contribution is -2.33. The highest BCUT2D eigenvalue weighted by atomic mass is 127. The van der Waals surface area contributed by atoms with Crippen molar-refractivity contribution in [1.29, 1.82) is 0 Å². The first-order valence-corrected chi connectivity index (χ1v) is 5.60. The number of guanidine groups is 1. The van der Waals surface area contributed by atoms with Crippen LogP contribution in [0.3, 0.4) is 0 Å². The molecule has 3 N–H and O–H groups in total. The average molecular weight is 403 g/mol. The fraction of sp³-hybridized carbons (Fsp3) is 0.417. The normalized spacial score (nSPS) is 13.3. The molecule has 114 valence electrons. The minimum atomic E-state index is -4.33. The lowest BCUT2D eigenvalue weighted by molar-refractivity contribution is -0.153. The Morgan fingerprint density at radius 2 is 1.90 bits per heavy atom. The number of nitrogens with two attached hydrogens (primary N) is 1. The van der Waals surface area contributed by atoms with E-state index in [1.165, 1.54) is 12.1 Å². The van der Waals surface area contributed by atoms with E-state index in [4.69, 9.17) is 5.73 Å². The van der Waals surface area contributed by atoms with Crippen LogP contribution in [-0.4, -0.2) is 25.8 Å². The van der Waals surface area contributed by atoms with E-state index in [-0.39, 0.29) is 35.8 Å². The van der Waals surface area contributed by atoms with Crippen molar-refractivity contribution in [2.45, 2.75) is 19.1 Å². The van der Waals surface area contributed by atoms with Crippen molar-refractivity contribution in [3.63, 3.8) is 0 Å². The van der Waals surface area contributed by atoms with E-state index in [2.05, 4.69) is 15.0 Å². The fourth-order valence-corrected chi connectivity index (χ4v) is 1.39. The highest BCUT2D eigenvalue weighted by Gasteiger charge is 2.28. The lowest BCUT2D eigenvalue weighted by atomic mass is 10.1. The molecule has 0 fully saturated rings. The molecule has 0 amide bonds. The van der Waals surface area contributed by atoms with Crippen LogP contribution >= 0.6 is 24.0 Å². The number of hydrogen-bond acceptors (Lipinski definition) is 2. The summed E-state index contributed by atoms with van der Waals surface area (Å²) in [6, 6.07) is 6.22. The van der Waals surface area contributed by atoms with Crippen LogP contribution in [0.5, 0.6) is 5.75 Å². The van der Waals surface area contributed by atoms with Crippen LogP contribution in [0, 0.1) is 0 Å². The molecule has 0 heterocycles. The van der Waals surface area contributed by atoms with Crippen molar-refractivity contribution < 1.29 is 17.9 Å². The first kappa shape index (κ1) is 18.8. The maximum atomic E-state index is 12.0. The molecule has 0 saturated heterocycles. The zero-order valence-electron chi connectivity index (χ0n) is 11.1. The highest BCUT2D eigenvalue weighted by Crippen LogP contribution is 2.20. The van der Waals surface area contributed by atoms with E-state index in [1.54, 1.807) is 19.2 Å². The number of halogens is 4. The largest absolute Gasteiger partial charge is 0.484 e. The zero-order chi connectivity index (χ0) is 14.5. The smallest absolute Gasteiger partial charge is 0.422 e. The van der Waals surface area contributed by atoms with E-state index in [1.807, 2.05) is 6.92 Å². The molecule has 1 atom stereocenters. The summed E-state index contributed by atoms with van der Waals surface area (Å²) >= 11 is 0. The number of ether oxygens (including phenoxy) is 1. The number of alkyl halides is 3. The standard InChI is InChI=1S/C12H16F3N3O.HI/c1-8(18-11(16)17-2)9-3-5-10(6-4-9)19-7-12(13,14)15;/h3-6,8H,7H2,1-2H3,(H3,16,17,18);1H. The van der Waals surface area contributed by atoms with Gasteiger partial charge in [0, 0.05) is 7.05 Å². The number of hydrogen-bond donors (Lipinski definition) is 2. The van der Waals surface area contributed by atoms with Crippen LogP contribution in [0.2, 0.25) is 0 Å². The molecule has 0 aliphatic heterocycles. The van der Waals surface area contributed by atoms with E-state index < -0.39 is 12.8 Å². The van der Waals surface area contributed by atoms with Crippen molar-refractivity contribution in [2.24, 2.45) is 10.7 Å². The van der Waals surface area contributed by atoms with Crippen molar-refractivity contribution in [2.75, 3.05) is 13.7 Å². The summed E-state index contributed by atoms with van der Waals surface area (Å²) in [6.07, 6.45) is -4.33. The summed E-state index contributed by atoms with van der Waals surface area (Å²) in [6.45, 7) is 0.569. The summed E-state index contributed by atoms with van der Waals surface area (Å²) < 4.78 is 40.5. The van der Waals surface area contributed by atoms with Crippen LogP contribution in [0.1, 0.15) is 18.5 Å². The van der Waals surface area contributed by atoms with Gasteiger partial charge in [-0.05, 0) is 24.6 Å². The molecule has 8 heteroatoms. The first-order chi connectivity index (χ1) is 8.81. The Hall–Kier alpha value is -1.19. The minimum absolute atomic E-state index is 0.